The van der Waals surface area contributed by atoms with E-state index in [9.17, 15) is 29.1 Å². The molecule has 11 heteroatoms. The number of aliphatic carboxylic acids is 1. The van der Waals surface area contributed by atoms with Gasteiger partial charge in [-0.3, -0.25) is 24.1 Å². The van der Waals surface area contributed by atoms with Crippen molar-refractivity contribution < 1.29 is 38.6 Å². The largest absolute Gasteiger partial charge is 0.477 e. The number of benzene rings is 1. The summed E-state index contributed by atoms with van der Waals surface area (Å²) in [6, 6.07) is 7.09. The molecule has 10 nitrogen and oxygen atoms in total. The molecule has 2 aliphatic heterocycles. The van der Waals surface area contributed by atoms with Crippen molar-refractivity contribution >= 4 is 41.5 Å². The Hall–Kier alpha value is -3.34. The van der Waals surface area contributed by atoms with Crippen molar-refractivity contribution in [3.63, 3.8) is 0 Å². The van der Waals surface area contributed by atoms with Gasteiger partial charge in [0.15, 0.2) is 5.92 Å². The summed E-state index contributed by atoms with van der Waals surface area (Å²) in [5.41, 5.74) is 0.198. The Balaban J connectivity index is 1.73. The van der Waals surface area contributed by atoms with Crippen LogP contribution in [0.1, 0.15) is 18.4 Å². The van der Waals surface area contributed by atoms with Crippen LogP contribution in [0, 0.1) is 0 Å². The summed E-state index contributed by atoms with van der Waals surface area (Å²) in [5, 5.41) is 11.2. The molecule has 0 radical (unpaired) electrons. The summed E-state index contributed by atoms with van der Waals surface area (Å²) < 4.78 is 9.45. The van der Waals surface area contributed by atoms with Crippen LogP contribution in [0.5, 0.6) is 0 Å². The number of hydrogen-bond donors (Lipinski definition) is 2. The van der Waals surface area contributed by atoms with Crippen molar-refractivity contribution in [3.8, 4) is 0 Å². The van der Waals surface area contributed by atoms with Gasteiger partial charge in [-0.15, -0.1) is 11.8 Å². The van der Waals surface area contributed by atoms with E-state index in [1.807, 2.05) is 0 Å². The lowest BCUT2D eigenvalue weighted by molar-refractivity contribution is -0.168. The first-order chi connectivity index (χ1) is 14.3. The lowest BCUT2D eigenvalue weighted by Gasteiger charge is -2.48. The molecule has 1 aromatic rings. The standard InChI is InChI=1S/C19H18N2O8S/c1-10(22)28-9-29-19(27)13(11-5-3-2-4-6-11)15(23)20-14-16(24)21-12(18(25)26)7-8-30-17(14)21/h2-7,13-14,17H,8-9H2,1H3,(H,20,23)(H,25,26)/t13?,14?,17-/m0/s1. The van der Waals surface area contributed by atoms with E-state index in [1.54, 1.807) is 30.3 Å². The molecule has 1 fully saturated rings. The van der Waals surface area contributed by atoms with E-state index >= 15 is 0 Å². The van der Waals surface area contributed by atoms with Gasteiger partial charge in [0.05, 0.1) is 0 Å². The predicted octanol–water partition coefficient (Wildman–Crippen LogP) is 0.202. The number of carbonyl (C=O) groups excluding carboxylic acids is 4. The minimum Gasteiger partial charge on any atom is -0.477 e. The third-order valence-corrected chi connectivity index (χ3v) is 5.64. The number of carboxylic acid groups (broad SMARTS) is 1. The maximum atomic E-state index is 12.9. The zero-order valence-corrected chi connectivity index (χ0v) is 16.6. The number of β-lactam (4-membered cyclic amide) rings is 1. The third kappa shape index (κ3) is 4.30. The number of ether oxygens (including phenoxy) is 2. The van der Waals surface area contributed by atoms with E-state index in [2.05, 4.69) is 10.1 Å². The molecule has 2 N–H and O–H groups in total. The summed E-state index contributed by atoms with van der Waals surface area (Å²) in [4.78, 5) is 61.1. The van der Waals surface area contributed by atoms with Crippen LogP contribution < -0.4 is 5.32 Å². The second kappa shape index (κ2) is 8.99. The summed E-state index contributed by atoms with van der Waals surface area (Å²) in [5.74, 6) is -5.21. The number of nitrogens with one attached hydrogen (secondary N) is 1. The van der Waals surface area contributed by atoms with Crippen molar-refractivity contribution in [2.45, 2.75) is 24.3 Å². The minimum atomic E-state index is -1.40. The number of rotatable bonds is 7. The summed E-state index contributed by atoms with van der Waals surface area (Å²) in [6.45, 7) is 0.497. The van der Waals surface area contributed by atoms with Gasteiger partial charge in [-0.25, -0.2) is 4.79 Å². The SMILES string of the molecule is CC(=O)OCOC(=O)C(C(=O)NC1C(=O)N2C(C(=O)O)=CCS[C@@H]12)c1ccccc1. The third-order valence-electron chi connectivity index (χ3n) is 4.46. The predicted molar refractivity (Wildman–Crippen MR) is 103 cm³/mol. The molecular weight excluding hydrogens is 416 g/mol. The number of amides is 2. The van der Waals surface area contributed by atoms with E-state index in [4.69, 9.17) is 4.74 Å². The van der Waals surface area contributed by atoms with Gasteiger partial charge in [0.1, 0.15) is 17.1 Å². The number of esters is 2. The fraction of sp³-hybridized carbons (Fsp3) is 0.316. The smallest absolute Gasteiger partial charge is 0.352 e. The number of carbonyl (C=O) groups is 5. The van der Waals surface area contributed by atoms with Crippen molar-refractivity contribution in [3.05, 3.63) is 47.7 Å². The first-order valence-corrected chi connectivity index (χ1v) is 9.89. The Morgan fingerprint density at radius 1 is 1.23 bits per heavy atom. The Morgan fingerprint density at radius 2 is 1.93 bits per heavy atom. The molecule has 3 rings (SSSR count). The molecule has 1 saturated heterocycles. The highest BCUT2D eigenvalue weighted by Gasteiger charge is 2.53. The van der Waals surface area contributed by atoms with Gasteiger partial charge in [0, 0.05) is 12.7 Å². The second-order valence-electron chi connectivity index (χ2n) is 6.37. The molecule has 2 heterocycles. The van der Waals surface area contributed by atoms with E-state index in [0.717, 1.165) is 11.8 Å². The van der Waals surface area contributed by atoms with Crippen LogP contribution in [0.25, 0.3) is 0 Å². The van der Waals surface area contributed by atoms with Gasteiger partial charge in [0.2, 0.25) is 12.7 Å². The molecule has 30 heavy (non-hydrogen) atoms. The first-order valence-electron chi connectivity index (χ1n) is 8.84. The maximum absolute atomic E-state index is 12.9. The molecule has 2 aliphatic rings. The molecular formula is C19H18N2O8S. The van der Waals surface area contributed by atoms with Crippen LogP contribution in [0.15, 0.2) is 42.1 Å². The average Bonchev–Trinajstić information content (AvgIpc) is 2.71. The van der Waals surface area contributed by atoms with Gasteiger partial charge in [-0.05, 0) is 11.6 Å². The van der Waals surface area contributed by atoms with Gasteiger partial charge in [-0.1, -0.05) is 30.3 Å². The number of nitrogens with zero attached hydrogens (tertiary/aromatic N) is 1. The molecule has 1 aromatic carbocycles. The van der Waals surface area contributed by atoms with Crippen molar-refractivity contribution in [2.75, 3.05) is 12.5 Å². The molecule has 158 valence electrons. The van der Waals surface area contributed by atoms with Crippen LogP contribution >= 0.6 is 11.8 Å². The highest BCUT2D eigenvalue weighted by Crippen LogP contribution is 2.37. The lowest BCUT2D eigenvalue weighted by atomic mass is 9.96. The van der Waals surface area contributed by atoms with Gasteiger partial charge >= 0.3 is 17.9 Å². The molecule has 0 bridgehead atoms. The van der Waals surface area contributed by atoms with Crippen molar-refractivity contribution in [1.29, 1.82) is 0 Å². The first kappa shape index (κ1) is 21.4. The molecule has 0 saturated carbocycles. The van der Waals surface area contributed by atoms with Crippen LogP contribution in [-0.4, -0.2) is 63.7 Å². The highest BCUT2D eigenvalue weighted by atomic mass is 32.2. The van der Waals surface area contributed by atoms with E-state index in [1.165, 1.54) is 17.8 Å². The van der Waals surface area contributed by atoms with Gasteiger partial charge < -0.3 is 19.9 Å². The zero-order valence-electron chi connectivity index (χ0n) is 15.8. The number of carboxylic acids is 1. The van der Waals surface area contributed by atoms with E-state index in [0.29, 0.717) is 11.3 Å². The van der Waals surface area contributed by atoms with Gasteiger partial charge in [-0.2, -0.15) is 0 Å². The van der Waals surface area contributed by atoms with E-state index < -0.39 is 53.8 Å². The maximum Gasteiger partial charge on any atom is 0.352 e. The fourth-order valence-corrected chi connectivity index (χ4v) is 4.26. The highest BCUT2D eigenvalue weighted by molar-refractivity contribution is 8.00. The second-order valence-corrected chi connectivity index (χ2v) is 7.52. The van der Waals surface area contributed by atoms with Crippen LogP contribution in [-0.2, 0) is 33.4 Å². The molecule has 2 unspecified atom stereocenters. The van der Waals surface area contributed by atoms with E-state index in [-0.39, 0.29) is 5.70 Å². The van der Waals surface area contributed by atoms with Crippen molar-refractivity contribution in [2.24, 2.45) is 0 Å². The topological polar surface area (TPSA) is 139 Å². The summed E-state index contributed by atoms with van der Waals surface area (Å²) in [6.07, 6.45) is 1.43. The molecule has 0 spiro atoms. The molecule has 2 amide bonds. The number of fused-ring (bicyclic) bond motifs is 1. The normalized spacial score (nSPS) is 20.8. The van der Waals surface area contributed by atoms with Crippen LogP contribution in [0.3, 0.4) is 0 Å². The lowest BCUT2D eigenvalue weighted by Crippen LogP contribution is -2.70. The van der Waals surface area contributed by atoms with Crippen molar-refractivity contribution in [1.82, 2.24) is 10.2 Å². The Labute approximate surface area is 175 Å². The Bertz CT molecular complexity index is 916. The average molecular weight is 434 g/mol. The summed E-state index contributed by atoms with van der Waals surface area (Å²) in [7, 11) is 0. The van der Waals surface area contributed by atoms with Crippen LogP contribution in [0.2, 0.25) is 0 Å². The van der Waals surface area contributed by atoms with Crippen LogP contribution in [0.4, 0.5) is 0 Å². The number of thioether (sulfide) groups is 1. The fourth-order valence-electron chi connectivity index (χ4n) is 3.07. The Morgan fingerprint density at radius 3 is 2.57 bits per heavy atom. The zero-order chi connectivity index (χ0) is 21.8. The molecule has 3 atom stereocenters. The molecule has 0 aliphatic carbocycles. The molecule has 0 aromatic heterocycles. The number of hydrogen-bond acceptors (Lipinski definition) is 8. The summed E-state index contributed by atoms with van der Waals surface area (Å²) >= 11 is 1.30. The van der Waals surface area contributed by atoms with Gasteiger partial charge in [0.25, 0.3) is 5.91 Å². The Kier molecular flexibility index (Phi) is 6.40. The quantitative estimate of drug-likeness (QED) is 0.267. The monoisotopic (exact) mass is 434 g/mol. The minimum absolute atomic E-state index is 0.130.